The summed E-state index contributed by atoms with van der Waals surface area (Å²) in [6.07, 6.45) is 6.39. The van der Waals surface area contributed by atoms with Gasteiger partial charge in [-0.15, -0.1) is 0 Å². The van der Waals surface area contributed by atoms with Gasteiger partial charge in [0.15, 0.2) is 5.96 Å². The number of aliphatic imine (C=N–C) groups is 1. The molecule has 1 atom stereocenters. The molecule has 0 bridgehead atoms. The molecule has 0 radical (unpaired) electrons. The Balaban J connectivity index is 1.62. The van der Waals surface area contributed by atoms with Crippen LogP contribution in [0, 0.1) is 5.92 Å². The van der Waals surface area contributed by atoms with Crippen molar-refractivity contribution in [1.29, 1.82) is 0 Å². The van der Waals surface area contributed by atoms with Gasteiger partial charge in [-0.2, -0.15) is 0 Å². The Kier molecular flexibility index (Phi) is 9.27. The fraction of sp³-hybridized carbons (Fsp3) is 0.708. The Morgan fingerprint density at radius 2 is 1.87 bits per heavy atom. The van der Waals surface area contributed by atoms with E-state index in [2.05, 4.69) is 52.6 Å². The molecule has 3 rings (SSSR count). The molecule has 6 nitrogen and oxygen atoms in total. The first kappa shape index (κ1) is 22.9. The molecule has 1 unspecified atom stereocenters. The molecule has 0 aromatic heterocycles. The number of nitrogens with zero attached hydrogens (tertiary/aromatic N) is 3. The Morgan fingerprint density at radius 3 is 2.57 bits per heavy atom. The monoisotopic (exact) mass is 415 g/mol. The molecule has 1 aromatic carbocycles. The highest BCUT2D eigenvalue weighted by atomic mass is 16.5. The zero-order valence-electron chi connectivity index (χ0n) is 19.2. The number of guanidine groups is 1. The summed E-state index contributed by atoms with van der Waals surface area (Å²) in [5.41, 5.74) is 1.24. The first-order valence-corrected chi connectivity index (χ1v) is 11.8. The number of benzene rings is 1. The van der Waals surface area contributed by atoms with Crippen LogP contribution in [0.2, 0.25) is 0 Å². The average molecular weight is 416 g/mol. The van der Waals surface area contributed by atoms with Crippen molar-refractivity contribution < 1.29 is 4.74 Å². The van der Waals surface area contributed by atoms with Crippen molar-refractivity contribution in [2.75, 3.05) is 60.0 Å². The number of ether oxygens (including phenoxy) is 1. The van der Waals surface area contributed by atoms with Crippen molar-refractivity contribution in [1.82, 2.24) is 20.4 Å². The summed E-state index contributed by atoms with van der Waals surface area (Å²) in [6, 6.07) is 8.66. The molecular weight excluding hydrogens is 374 g/mol. The number of likely N-dealkylation sites (tertiary alicyclic amines) is 2. The van der Waals surface area contributed by atoms with Gasteiger partial charge in [-0.3, -0.25) is 9.89 Å². The van der Waals surface area contributed by atoms with Gasteiger partial charge in [-0.1, -0.05) is 18.2 Å². The molecule has 0 aliphatic carbocycles. The minimum atomic E-state index is 0.257. The second-order valence-corrected chi connectivity index (χ2v) is 8.68. The summed E-state index contributed by atoms with van der Waals surface area (Å²) in [7, 11) is 3.99. The molecule has 0 amide bonds. The number of hydrogen-bond donors (Lipinski definition) is 2. The van der Waals surface area contributed by atoms with E-state index in [0.717, 1.165) is 50.4 Å². The SMILES string of the molecule is CCNC(=NCC(c1ccccc1OC)N1CCCC1)NCCC1CCN(C)CC1. The van der Waals surface area contributed by atoms with Crippen LogP contribution in [0.5, 0.6) is 5.75 Å². The molecule has 2 fully saturated rings. The third kappa shape index (κ3) is 6.61. The summed E-state index contributed by atoms with van der Waals surface area (Å²) < 4.78 is 5.67. The lowest BCUT2D eigenvalue weighted by Crippen LogP contribution is -2.40. The number of methoxy groups -OCH3 is 1. The third-order valence-corrected chi connectivity index (χ3v) is 6.53. The molecule has 2 aliphatic heterocycles. The Bertz CT molecular complexity index is 651. The predicted octanol–water partition coefficient (Wildman–Crippen LogP) is 3.12. The largest absolute Gasteiger partial charge is 0.496 e. The van der Waals surface area contributed by atoms with Crippen LogP contribution in [-0.4, -0.2) is 75.7 Å². The van der Waals surface area contributed by atoms with Crippen LogP contribution < -0.4 is 15.4 Å². The summed E-state index contributed by atoms with van der Waals surface area (Å²) in [6.45, 7) is 9.48. The van der Waals surface area contributed by atoms with Gasteiger partial charge in [0.05, 0.1) is 19.7 Å². The van der Waals surface area contributed by atoms with Gasteiger partial charge in [0.1, 0.15) is 5.75 Å². The Hall–Kier alpha value is -1.79. The van der Waals surface area contributed by atoms with E-state index in [1.165, 1.54) is 50.8 Å². The molecule has 2 N–H and O–H groups in total. The Labute approximate surface area is 183 Å². The van der Waals surface area contributed by atoms with Crippen molar-refractivity contribution in [2.24, 2.45) is 10.9 Å². The topological polar surface area (TPSA) is 52.1 Å². The lowest BCUT2D eigenvalue weighted by atomic mass is 9.94. The molecule has 2 aliphatic rings. The van der Waals surface area contributed by atoms with E-state index >= 15 is 0 Å². The fourth-order valence-corrected chi connectivity index (χ4v) is 4.67. The molecule has 0 spiro atoms. The molecule has 0 saturated carbocycles. The quantitative estimate of drug-likeness (QED) is 0.479. The lowest BCUT2D eigenvalue weighted by Gasteiger charge is -2.29. The summed E-state index contributed by atoms with van der Waals surface area (Å²) in [5.74, 6) is 2.73. The van der Waals surface area contributed by atoms with Crippen LogP contribution in [-0.2, 0) is 0 Å². The van der Waals surface area contributed by atoms with Crippen LogP contribution in [0.1, 0.15) is 50.6 Å². The average Bonchev–Trinajstić information content (AvgIpc) is 3.30. The van der Waals surface area contributed by atoms with Crippen LogP contribution in [0.15, 0.2) is 29.3 Å². The molecule has 2 heterocycles. The maximum atomic E-state index is 5.67. The van der Waals surface area contributed by atoms with E-state index in [4.69, 9.17) is 9.73 Å². The third-order valence-electron chi connectivity index (χ3n) is 6.53. The normalized spacial score (nSPS) is 20.3. The van der Waals surface area contributed by atoms with Gasteiger partial charge in [-0.05, 0) is 84.2 Å². The minimum Gasteiger partial charge on any atom is -0.496 e. The van der Waals surface area contributed by atoms with Crippen molar-refractivity contribution >= 4 is 5.96 Å². The maximum absolute atomic E-state index is 5.67. The van der Waals surface area contributed by atoms with Gasteiger partial charge < -0.3 is 20.3 Å². The fourth-order valence-electron chi connectivity index (χ4n) is 4.67. The van der Waals surface area contributed by atoms with Crippen molar-refractivity contribution in [3.63, 3.8) is 0 Å². The highest BCUT2D eigenvalue weighted by Crippen LogP contribution is 2.31. The smallest absolute Gasteiger partial charge is 0.191 e. The van der Waals surface area contributed by atoms with Gasteiger partial charge in [0, 0.05) is 18.7 Å². The van der Waals surface area contributed by atoms with Gasteiger partial charge in [0.2, 0.25) is 0 Å². The number of hydrogen-bond acceptors (Lipinski definition) is 4. The molecule has 2 saturated heterocycles. The first-order valence-electron chi connectivity index (χ1n) is 11.8. The van der Waals surface area contributed by atoms with Crippen molar-refractivity contribution in [3.8, 4) is 5.75 Å². The number of piperidine rings is 1. The van der Waals surface area contributed by atoms with E-state index in [1.807, 2.05) is 6.07 Å². The van der Waals surface area contributed by atoms with E-state index in [-0.39, 0.29) is 6.04 Å². The Morgan fingerprint density at radius 1 is 1.13 bits per heavy atom. The van der Waals surface area contributed by atoms with E-state index < -0.39 is 0 Å². The van der Waals surface area contributed by atoms with Gasteiger partial charge in [-0.25, -0.2) is 0 Å². The van der Waals surface area contributed by atoms with Crippen LogP contribution in [0.3, 0.4) is 0 Å². The van der Waals surface area contributed by atoms with E-state index in [1.54, 1.807) is 7.11 Å². The van der Waals surface area contributed by atoms with Gasteiger partial charge in [0.25, 0.3) is 0 Å². The van der Waals surface area contributed by atoms with Crippen molar-refractivity contribution in [2.45, 2.75) is 45.1 Å². The van der Waals surface area contributed by atoms with E-state index in [0.29, 0.717) is 0 Å². The van der Waals surface area contributed by atoms with E-state index in [9.17, 15) is 0 Å². The summed E-state index contributed by atoms with van der Waals surface area (Å²) >= 11 is 0. The van der Waals surface area contributed by atoms with Crippen LogP contribution >= 0.6 is 0 Å². The molecule has 168 valence electrons. The standard InChI is InChI=1S/C24H41N5O/c1-4-25-24(26-14-11-20-12-17-28(2)18-13-20)27-19-22(29-15-7-8-16-29)21-9-5-6-10-23(21)30-3/h5-6,9-10,20,22H,4,7-8,11-19H2,1-3H3,(H2,25,26,27). The highest BCUT2D eigenvalue weighted by molar-refractivity contribution is 5.79. The highest BCUT2D eigenvalue weighted by Gasteiger charge is 2.25. The van der Waals surface area contributed by atoms with Gasteiger partial charge >= 0.3 is 0 Å². The molecular formula is C24H41N5O. The zero-order valence-corrected chi connectivity index (χ0v) is 19.2. The zero-order chi connectivity index (χ0) is 21.2. The predicted molar refractivity (Wildman–Crippen MR) is 125 cm³/mol. The minimum absolute atomic E-state index is 0.257. The van der Waals surface area contributed by atoms with Crippen LogP contribution in [0.4, 0.5) is 0 Å². The second kappa shape index (κ2) is 12.2. The second-order valence-electron chi connectivity index (χ2n) is 8.68. The summed E-state index contributed by atoms with van der Waals surface area (Å²) in [4.78, 5) is 9.99. The molecule has 1 aromatic rings. The number of para-hydroxylation sites is 1. The van der Waals surface area contributed by atoms with Crippen molar-refractivity contribution in [3.05, 3.63) is 29.8 Å². The number of rotatable bonds is 9. The first-order chi connectivity index (χ1) is 14.7. The molecule has 6 heteroatoms. The molecule has 30 heavy (non-hydrogen) atoms. The lowest BCUT2D eigenvalue weighted by molar-refractivity contribution is 0.213. The van der Waals surface area contributed by atoms with Crippen LogP contribution in [0.25, 0.3) is 0 Å². The summed E-state index contributed by atoms with van der Waals surface area (Å²) in [5, 5.41) is 7.02. The number of nitrogens with one attached hydrogen (secondary N) is 2. The maximum Gasteiger partial charge on any atom is 0.191 e.